The summed E-state index contributed by atoms with van der Waals surface area (Å²) in [6, 6.07) is 1.51. The van der Waals surface area contributed by atoms with E-state index in [2.05, 4.69) is 5.32 Å². The predicted octanol–water partition coefficient (Wildman–Crippen LogP) is 0.229. The smallest absolute Gasteiger partial charge is 0.317 e. The van der Waals surface area contributed by atoms with Crippen molar-refractivity contribution in [3.63, 3.8) is 0 Å². The zero-order valence-corrected chi connectivity index (χ0v) is 7.86. The van der Waals surface area contributed by atoms with Crippen LogP contribution in [-0.2, 0) is 4.79 Å². The number of imide groups is 1. The Bertz CT molecular complexity index is 329. The zero-order valence-electron chi connectivity index (χ0n) is 7.86. The van der Waals surface area contributed by atoms with Gasteiger partial charge in [0.25, 0.3) is 0 Å². The first kappa shape index (κ1) is 9.00. The van der Waals surface area contributed by atoms with Crippen molar-refractivity contribution >= 4 is 11.9 Å². The molecule has 2 aliphatic rings. The van der Waals surface area contributed by atoms with E-state index in [9.17, 15) is 9.59 Å². The highest BCUT2D eigenvalue weighted by Gasteiger charge is 2.45. The monoisotopic (exact) mass is 193 g/mol. The van der Waals surface area contributed by atoms with E-state index < -0.39 is 11.8 Å². The molecule has 0 bridgehead atoms. The van der Waals surface area contributed by atoms with Crippen LogP contribution in [0.25, 0.3) is 0 Å². The third kappa shape index (κ3) is 1.23. The maximum absolute atomic E-state index is 11.4. The number of carbonyl (C=O) groups excluding carboxylic acids is 2. The molecule has 0 spiro atoms. The average Bonchev–Trinajstić information content (AvgIpc) is 2.88. The quantitative estimate of drug-likeness (QED) is 0.647. The summed E-state index contributed by atoms with van der Waals surface area (Å²) in [5.74, 6) is -1.20. The van der Waals surface area contributed by atoms with E-state index >= 15 is 0 Å². The fourth-order valence-corrected chi connectivity index (χ4v) is 1.83. The molecule has 1 aliphatic heterocycles. The second-order valence-corrected chi connectivity index (χ2v) is 3.78. The highest BCUT2D eigenvalue weighted by Crippen LogP contribution is 2.32. The van der Waals surface area contributed by atoms with Crippen LogP contribution in [0.15, 0.2) is 0 Å². The Morgan fingerprint density at radius 2 is 2.14 bits per heavy atom. The number of urea groups is 1. The van der Waals surface area contributed by atoms with Gasteiger partial charge in [0.2, 0.25) is 5.91 Å². The molecule has 14 heavy (non-hydrogen) atoms. The number of nitrogens with one attached hydrogen (secondary N) is 1. The maximum atomic E-state index is 11.4. The van der Waals surface area contributed by atoms with E-state index in [-0.39, 0.29) is 18.1 Å². The third-order valence-electron chi connectivity index (χ3n) is 2.75. The van der Waals surface area contributed by atoms with Gasteiger partial charge >= 0.3 is 6.03 Å². The normalized spacial score (nSPS) is 32.4. The molecule has 0 aromatic heterocycles. The van der Waals surface area contributed by atoms with Gasteiger partial charge in [-0.25, -0.2) is 4.79 Å². The number of nitriles is 1. The van der Waals surface area contributed by atoms with Crippen molar-refractivity contribution in [1.29, 1.82) is 5.26 Å². The van der Waals surface area contributed by atoms with Gasteiger partial charge in [0.15, 0.2) is 0 Å². The molecule has 0 radical (unpaired) electrons. The van der Waals surface area contributed by atoms with Gasteiger partial charge < -0.3 is 4.90 Å². The summed E-state index contributed by atoms with van der Waals surface area (Å²) in [6.45, 7) is 1.75. The number of hydrogen-bond acceptors (Lipinski definition) is 3. The molecule has 2 unspecified atom stereocenters. The number of amides is 3. The molecule has 0 aromatic carbocycles. The van der Waals surface area contributed by atoms with Crippen LogP contribution in [0.2, 0.25) is 0 Å². The topological polar surface area (TPSA) is 73.2 Å². The summed E-state index contributed by atoms with van der Waals surface area (Å²) in [7, 11) is 0. The SMILES string of the molecule is CC1C(C#N)C(=O)NC(=O)N1C1CC1. The first-order chi connectivity index (χ1) is 6.65. The van der Waals surface area contributed by atoms with Crippen molar-refractivity contribution < 1.29 is 9.59 Å². The zero-order chi connectivity index (χ0) is 10.3. The summed E-state index contributed by atoms with van der Waals surface area (Å²) in [5, 5.41) is 11.0. The first-order valence-corrected chi connectivity index (χ1v) is 4.68. The summed E-state index contributed by atoms with van der Waals surface area (Å²) in [5.41, 5.74) is 0. The van der Waals surface area contributed by atoms with Gasteiger partial charge in [-0.15, -0.1) is 0 Å². The second-order valence-electron chi connectivity index (χ2n) is 3.78. The van der Waals surface area contributed by atoms with Crippen LogP contribution in [0, 0.1) is 17.2 Å². The van der Waals surface area contributed by atoms with E-state index in [0.29, 0.717) is 0 Å². The lowest BCUT2D eigenvalue weighted by Gasteiger charge is -2.35. The Morgan fingerprint density at radius 3 is 2.64 bits per heavy atom. The molecule has 1 aliphatic carbocycles. The third-order valence-corrected chi connectivity index (χ3v) is 2.75. The van der Waals surface area contributed by atoms with Crippen molar-refractivity contribution in [2.75, 3.05) is 0 Å². The van der Waals surface area contributed by atoms with Gasteiger partial charge in [0.1, 0.15) is 5.92 Å². The standard InChI is InChI=1S/C9H11N3O2/c1-5-7(4-10)8(13)11-9(14)12(5)6-2-3-6/h5-7H,2-3H2,1H3,(H,11,13,14). The van der Waals surface area contributed by atoms with E-state index in [0.717, 1.165) is 12.8 Å². The maximum Gasteiger partial charge on any atom is 0.324 e. The minimum atomic E-state index is -0.728. The summed E-state index contributed by atoms with van der Waals surface area (Å²) < 4.78 is 0. The number of hydrogen-bond donors (Lipinski definition) is 1. The fraction of sp³-hybridized carbons (Fsp3) is 0.667. The Morgan fingerprint density at radius 1 is 1.50 bits per heavy atom. The molecule has 2 rings (SSSR count). The Hall–Kier alpha value is -1.57. The van der Waals surface area contributed by atoms with Gasteiger partial charge in [-0.05, 0) is 19.8 Å². The molecule has 2 fully saturated rings. The van der Waals surface area contributed by atoms with Crippen molar-refractivity contribution in [3.8, 4) is 6.07 Å². The second kappa shape index (κ2) is 2.98. The number of carbonyl (C=O) groups is 2. The van der Waals surface area contributed by atoms with Crippen LogP contribution in [0.5, 0.6) is 0 Å². The molecule has 1 saturated carbocycles. The van der Waals surface area contributed by atoms with Crippen LogP contribution in [0.1, 0.15) is 19.8 Å². The molecule has 1 heterocycles. The van der Waals surface area contributed by atoms with Crippen molar-refractivity contribution in [3.05, 3.63) is 0 Å². The van der Waals surface area contributed by atoms with Crippen LogP contribution < -0.4 is 5.32 Å². The van der Waals surface area contributed by atoms with Gasteiger partial charge in [-0.2, -0.15) is 5.26 Å². The van der Waals surface area contributed by atoms with Crippen LogP contribution in [0.3, 0.4) is 0 Å². The minimum absolute atomic E-state index is 0.231. The summed E-state index contributed by atoms with van der Waals surface area (Å²) >= 11 is 0. The lowest BCUT2D eigenvalue weighted by atomic mass is 9.98. The molecular weight excluding hydrogens is 182 g/mol. The van der Waals surface area contributed by atoms with Gasteiger partial charge in [-0.1, -0.05) is 0 Å². The molecule has 2 atom stereocenters. The number of nitrogens with zero attached hydrogens (tertiary/aromatic N) is 2. The van der Waals surface area contributed by atoms with Crippen LogP contribution in [0.4, 0.5) is 4.79 Å². The Kier molecular flexibility index (Phi) is 1.92. The Balaban J connectivity index is 2.22. The van der Waals surface area contributed by atoms with Gasteiger partial charge in [-0.3, -0.25) is 10.1 Å². The van der Waals surface area contributed by atoms with Gasteiger partial charge in [0, 0.05) is 6.04 Å². The van der Waals surface area contributed by atoms with Crippen LogP contribution in [-0.4, -0.2) is 28.9 Å². The molecule has 0 aromatic rings. The molecular formula is C9H11N3O2. The highest BCUT2D eigenvalue weighted by atomic mass is 16.2. The fourth-order valence-electron chi connectivity index (χ4n) is 1.83. The summed E-state index contributed by atoms with van der Waals surface area (Å²) in [4.78, 5) is 24.3. The molecule has 5 nitrogen and oxygen atoms in total. The van der Waals surface area contributed by atoms with Crippen molar-refractivity contribution in [1.82, 2.24) is 10.2 Å². The lowest BCUT2D eigenvalue weighted by molar-refractivity contribution is -0.125. The van der Waals surface area contributed by atoms with E-state index in [1.54, 1.807) is 11.8 Å². The molecule has 1 saturated heterocycles. The Labute approximate surface area is 81.7 Å². The number of rotatable bonds is 1. The molecule has 3 amide bonds. The van der Waals surface area contributed by atoms with Crippen molar-refractivity contribution in [2.24, 2.45) is 5.92 Å². The highest BCUT2D eigenvalue weighted by molar-refractivity contribution is 5.99. The predicted molar refractivity (Wildman–Crippen MR) is 47.0 cm³/mol. The lowest BCUT2D eigenvalue weighted by Crippen LogP contribution is -2.59. The van der Waals surface area contributed by atoms with Crippen molar-refractivity contribution in [2.45, 2.75) is 31.8 Å². The molecule has 1 N–H and O–H groups in total. The van der Waals surface area contributed by atoms with E-state index in [4.69, 9.17) is 5.26 Å². The minimum Gasteiger partial charge on any atom is -0.317 e. The largest absolute Gasteiger partial charge is 0.324 e. The van der Waals surface area contributed by atoms with Crippen LogP contribution >= 0.6 is 0 Å². The first-order valence-electron chi connectivity index (χ1n) is 4.68. The summed E-state index contributed by atoms with van der Waals surface area (Å²) in [6.07, 6.45) is 1.95. The van der Waals surface area contributed by atoms with Gasteiger partial charge in [0.05, 0.1) is 12.1 Å². The molecule has 74 valence electrons. The average molecular weight is 193 g/mol. The van der Waals surface area contributed by atoms with E-state index in [1.807, 2.05) is 6.07 Å². The van der Waals surface area contributed by atoms with E-state index in [1.165, 1.54) is 0 Å². The molecule has 5 heteroatoms.